The van der Waals surface area contributed by atoms with Gasteiger partial charge in [0.15, 0.2) is 0 Å². The van der Waals surface area contributed by atoms with Gasteiger partial charge < -0.3 is 11.1 Å². The van der Waals surface area contributed by atoms with Crippen molar-refractivity contribution in [2.24, 2.45) is 11.7 Å². The zero-order valence-corrected chi connectivity index (χ0v) is 7.35. The maximum absolute atomic E-state index is 5.85. The molecule has 10 heavy (non-hydrogen) atoms. The molecule has 0 aliphatic carbocycles. The van der Waals surface area contributed by atoms with E-state index in [2.05, 4.69) is 19.2 Å². The molecule has 0 radical (unpaired) electrons. The van der Waals surface area contributed by atoms with Crippen LogP contribution in [0.4, 0.5) is 0 Å². The van der Waals surface area contributed by atoms with Crippen LogP contribution >= 0.6 is 0 Å². The highest BCUT2D eigenvalue weighted by Crippen LogP contribution is 2.07. The van der Waals surface area contributed by atoms with Crippen LogP contribution in [0.3, 0.4) is 0 Å². The highest BCUT2D eigenvalue weighted by Gasteiger charge is 2.09. The van der Waals surface area contributed by atoms with Crippen molar-refractivity contribution in [3.63, 3.8) is 0 Å². The molecule has 0 aliphatic rings. The van der Waals surface area contributed by atoms with Gasteiger partial charge in [0.2, 0.25) is 0 Å². The fraction of sp³-hybridized carbons (Fsp3) is 1.00. The van der Waals surface area contributed by atoms with Gasteiger partial charge >= 0.3 is 0 Å². The highest BCUT2D eigenvalue weighted by molar-refractivity contribution is 4.69. The lowest BCUT2D eigenvalue weighted by Gasteiger charge is -2.18. The number of hydrogen-bond donors (Lipinski definition) is 2. The summed E-state index contributed by atoms with van der Waals surface area (Å²) in [5, 5.41) is 3.08. The minimum absolute atomic E-state index is 0.324. The molecule has 2 nitrogen and oxygen atoms in total. The summed E-state index contributed by atoms with van der Waals surface area (Å²) in [7, 11) is 1.94. The van der Waals surface area contributed by atoms with Crippen LogP contribution in [0.25, 0.3) is 0 Å². The van der Waals surface area contributed by atoms with Gasteiger partial charge in [-0.2, -0.15) is 0 Å². The van der Waals surface area contributed by atoms with Gasteiger partial charge in [0, 0.05) is 12.6 Å². The molecule has 0 fully saturated rings. The largest absolute Gasteiger partial charge is 0.326 e. The van der Waals surface area contributed by atoms with Crippen molar-refractivity contribution < 1.29 is 0 Å². The van der Waals surface area contributed by atoms with Crippen molar-refractivity contribution in [2.45, 2.75) is 32.7 Å². The molecule has 2 heteroatoms. The molecule has 2 atom stereocenters. The fourth-order valence-corrected chi connectivity index (χ4v) is 1.11. The molecule has 0 heterocycles. The Morgan fingerprint density at radius 1 is 1.50 bits per heavy atom. The van der Waals surface area contributed by atoms with Crippen molar-refractivity contribution in [1.82, 2.24) is 5.32 Å². The number of likely N-dealkylation sites (N-methyl/N-ethyl adjacent to an activating group) is 1. The van der Waals surface area contributed by atoms with Crippen LogP contribution in [0.15, 0.2) is 0 Å². The van der Waals surface area contributed by atoms with Crippen molar-refractivity contribution in [3.05, 3.63) is 0 Å². The van der Waals surface area contributed by atoms with Crippen LogP contribution in [-0.4, -0.2) is 19.6 Å². The minimum atomic E-state index is 0.324. The van der Waals surface area contributed by atoms with Gasteiger partial charge in [-0.25, -0.2) is 0 Å². The summed E-state index contributed by atoms with van der Waals surface area (Å²) in [6.07, 6.45) is 2.47. The summed E-state index contributed by atoms with van der Waals surface area (Å²) in [5.74, 6) is 0.650. The summed E-state index contributed by atoms with van der Waals surface area (Å²) >= 11 is 0. The number of rotatable bonds is 5. The lowest BCUT2D eigenvalue weighted by molar-refractivity contribution is 0.411. The third-order valence-corrected chi connectivity index (χ3v) is 1.91. The van der Waals surface area contributed by atoms with Gasteiger partial charge in [0.25, 0.3) is 0 Å². The smallest absolute Gasteiger partial charge is 0.0191 e. The van der Waals surface area contributed by atoms with Crippen molar-refractivity contribution in [1.29, 1.82) is 0 Å². The molecule has 0 saturated heterocycles. The van der Waals surface area contributed by atoms with Gasteiger partial charge in [-0.15, -0.1) is 0 Å². The molecule has 0 aromatic carbocycles. The first kappa shape index (κ1) is 9.92. The first-order chi connectivity index (χ1) is 4.72. The third-order valence-electron chi connectivity index (χ3n) is 1.91. The van der Waals surface area contributed by atoms with E-state index in [-0.39, 0.29) is 0 Å². The third kappa shape index (κ3) is 3.85. The molecule has 62 valence electrons. The predicted molar refractivity (Wildman–Crippen MR) is 46.0 cm³/mol. The van der Waals surface area contributed by atoms with E-state index in [0.29, 0.717) is 12.0 Å². The fourth-order valence-electron chi connectivity index (χ4n) is 1.11. The molecule has 0 bridgehead atoms. The van der Waals surface area contributed by atoms with Crippen LogP contribution in [0, 0.1) is 5.92 Å². The zero-order valence-electron chi connectivity index (χ0n) is 7.35. The van der Waals surface area contributed by atoms with Crippen molar-refractivity contribution >= 4 is 0 Å². The average molecular weight is 144 g/mol. The van der Waals surface area contributed by atoms with E-state index in [1.807, 2.05) is 7.05 Å². The Morgan fingerprint density at radius 2 is 2.10 bits per heavy atom. The topological polar surface area (TPSA) is 38.0 Å². The van der Waals surface area contributed by atoms with Crippen molar-refractivity contribution in [3.8, 4) is 0 Å². The minimum Gasteiger partial charge on any atom is -0.326 e. The lowest BCUT2D eigenvalue weighted by Crippen LogP contribution is -2.37. The molecule has 3 N–H and O–H groups in total. The normalized spacial score (nSPS) is 16.8. The van der Waals surface area contributed by atoms with Gasteiger partial charge in [-0.05, 0) is 19.4 Å². The maximum Gasteiger partial charge on any atom is 0.0191 e. The first-order valence-corrected chi connectivity index (χ1v) is 4.12. The Hall–Kier alpha value is -0.0800. The SMILES string of the molecule is CCCC(C)C(N)CNC. The molecule has 0 aromatic heterocycles. The monoisotopic (exact) mass is 144 g/mol. The van der Waals surface area contributed by atoms with Gasteiger partial charge in [0.05, 0.1) is 0 Å². The Labute approximate surface area is 64.2 Å². The number of nitrogens with two attached hydrogens (primary N) is 1. The van der Waals surface area contributed by atoms with Crippen LogP contribution < -0.4 is 11.1 Å². The first-order valence-electron chi connectivity index (χ1n) is 4.12. The second kappa shape index (κ2) is 5.69. The average Bonchev–Trinajstić information content (AvgIpc) is 1.89. The van der Waals surface area contributed by atoms with E-state index in [1.54, 1.807) is 0 Å². The summed E-state index contributed by atoms with van der Waals surface area (Å²) in [6.45, 7) is 5.34. The highest BCUT2D eigenvalue weighted by atomic mass is 14.9. The van der Waals surface area contributed by atoms with Crippen LogP contribution in [0.5, 0.6) is 0 Å². The second-order valence-electron chi connectivity index (χ2n) is 2.99. The predicted octanol–water partition coefficient (Wildman–Crippen LogP) is 0.969. The summed E-state index contributed by atoms with van der Waals surface area (Å²) in [5.41, 5.74) is 5.85. The standard InChI is InChI=1S/C8H20N2/c1-4-5-7(2)8(9)6-10-3/h7-8,10H,4-6,9H2,1-3H3. The Kier molecular flexibility index (Phi) is 5.64. The van der Waals surface area contributed by atoms with Gasteiger partial charge in [-0.3, -0.25) is 0 Å². The Morgan fingerprint density at radius 3 is 2.50 bits per heavy atom. The van der Waals surface area contributed by atoms with E-state index in [1.165, 1.54) is 12.8 Å². The summed E-state index contributed by atoms with van der Waals surface area (Å²) in [6, 6.07) is 0.324. The van der Waals surface area contributed by atoms with Gasteiger partial charge in [-0.1, -0.05) is 20.3 Å². The molecule has 0 aromatic rings. The Bertz CT molecular complexity index is 63.7. The summed E-state index contributed by atoms with van der Waals surface area (Å²) in [4.78, 5) is 0. The van der Waals surface area contributed by atoms with Crippen LogP contribution in [-0.2, 0) is 0 Å². The van der Waals surface area contributed by atoms with E-state index in [0.717, 1.165) is 6.54 Å². The number of hydrogen-bond acceptors (Lipinski definition) is 2. The molecule has 0 amide bonds. The van der Waals surface area contributed by atoms with E-state index >= 15 is 0 Å². The van der Waals surface area contributed by atoms with E-state index in [4.69, 9.17) is 5.73 Å². The lowest BCUT2D eigenvalue weighted by atomic mass is 9.98. The molecule has 0 saturated carbocycles. The van der Waals surface area contributed by atoms with Crippen LogP contribution in [0.1, 0.15) is 26.7 Å². The number of nitrogens with one attached hydrogen (secondary N) is 1. The molecule has 2 unspecified atom stereocenters. The van der Waals surface area contributed by atoms with Crippen LogP contribution in [0.2, 0.25) is 0 Å². The molecule has 0 spiro atoms. The second-order valence-corrected chi connectivity index (χ2v) is 2.99. The van der Waals surface area contributed by atoms with Gasteiger partial charge in [0.1, 0.15) is 0 Å². The van der Waals surface area contributed by atoms with E-state index < -0.39 is 0 Å². The van der Waals surface area contributed by atoms with Crippen molar-refractivity contribution in [2.75, 3.05) is 13.6 Å². The summed E-state index contributed by atoms with van der Waals surface area (Å²) < 4.78 is 0. The zero-order chi connectivity index (χ0) is 7.98. The van der Waals surface area contributed by atoms with E-state index in [9.17, 15) is 0 Å². The Balaban J connectivity index is 3.38. The molecular formula is C8H20N2. The molecule has 0 aliphatic heterocycles. The maximum atomic E-state index is 5.85. The quantitative estimate of drug-likeness (QED) is 0.603. The molecule has 0 rings (SSSR count). The molecular weight excluding hydrogens is 124 g/mol.